The number of rotatable bonds is 4. The molecule has 0 unspecified atom stereocenters. The highest BCUT2D eigenvalue weighted by molar-refractivity contribution is 8.00. The molecule has 0 bridgehead atoms. The third kappa shape index (κ3) is 3.91. The normalized spacial score (nSPS) is 16.1. The van der Waals surface area contributed by atoms with Crippen molar-refractivity contribution >= 4 is 35.0 Å². The van der Waals surface area contributed by atoms with Gasteiger partial charge in [-0.25, -0.2) is 0 Å². The summed E-state index contributed by atoms with van der Waals surface area (Å²) in [5.41, 5.74) is 5.24. The minimum atomic E-state index is -0.182. The summed E-state index contributed by atoms with van der Waals surface area (Å²) in [6.07, 6.45) is 0. The minimum absolute atomic E-state index is 0.0730. The highest BCUT2D eigenvalue weighted by Gasteiger charge is 2.35. The van der Waals surface area contributed by atoms with Gasteiger partial charge in [-0.15, -0.1) is 11.8 Å². The van der Waals surface area contributed by atoms with Gasteiger partial charge in [0.25, 0.3) is 5.91 Å². The Morgan fingerprint density at radius 2 is 1.66 bits per heavy atom. The molecule has 2 amide bonds. The molecule has 5 heteroatoms. The molecule has 0 aromatic heterocycles. The number of nitrogens with zero attached hydrogens (tertiary/aromatic N) is 1. The van der Waals surface area contributed by atoms with E-state index in [0.29, 0.717) is 11.3 Å². The predicted molar refractivity (Wildman–Crippen MR) is 119 cm³/mol. The Hall–Kier alpha value is -3.05. The number of hydrogen-bond donors (Lipinski definition) is 1. The number of amides is 2. The summed E-state index contributed by atoms with van der Waals surface area (Å²) in [5, 5.41) is 2.87. The molecular formula is C24H22N2O2S. The Labute approximate surface area is 174 Å². The number of nitrogens with one attached hydrogen (secondary N) is 1. The van der Waals surface area contributed by atoms with Crippen molar-refractivity contribution < 1.29 is 9.59 Å². The van der Waals surface area contributed by atoms with E-state index in [4.69, 9.17) is 0 Å². The van der Waals surface area contributed by atoms with Gasteiger partial charge in [0.1, 0.15) is 5.37 Å². The zero-order valence-corrected chi connectivity index (χ0v) is 17.2. The highest BCUT2D eigenvalue weighted by atomic mass is 32.2. The summed E-state index contributed by atoms with van der Waals surface area (Å²) < 4.78 is 0. The molecule has 1 heterocycles. The Morgan fingerprint density at radius 1 is 0.966 bits per heavy atom. The molecule has 0 aliphatic carbocycles. The van der Waals surface area contributed by atoms with Crippen LogP contribution in [0.3, 0.4) is 0 Å². The van der Waals surface area contributed by atoms with E-state index < -0.39 is 0 Å². The lowest BCUT2D eigenvalue weighted by atomic mass is 10.1. The molecule has 29 heavy (non-hydrogen) atoms. The topological polar surface area (TPSA) is 49.4 Å². The predicted octanol–water partition coefficient (Wildman–Crippen LogP) is 5.33. The van der Waals surface area contributed by atoms with Crippen LogP contribution in [0.25, 0.3) is 0 Å². The van der Waals surface area contributed by atoms with Crippen LogP contribution in [-0.2, 0) is 4.79 Å². The standard InChI is InChI=1S/C24H22N2O2S/c1-16-11-13-18(14-12-16)26-22(27)15-29-24(26)20-9-5-6-10-21(20)25-23(28)19-8-4-3-7-17(19)2/h3-14,24H,15H2,1-2H3,(H,25,28)/t24-/m0/s1. The molecule has 1 fully saturated rings. The van der Waals surface area contributed by atoms with Crippen molar-refractivity contribution in [2.24, 2.45) is 0 Å². The van der Waals surface area contributed by atoms with Gasteiger partial charge in [-0.3, -0.25) is 14.5 Å². The summed E-state index contributed by atoms with van der Waals surface area (Å²) in [4.78, 5) is 27.3. The third-order valence-electron chi connectivity index (χ3n) is 5.04. The molecule has 1 atom stereocenters. The molecule has 4 rings (SSSR count). The van der Waals surface area contributed by atoms with Crippen LogP contribution in [0.2, 0.25) is 0 Å². The number of carbonyl (C=O) groups excluding carboxylic acids is 2. The summed E-state index contributed by atoms with van der Waals surface area (Å²) in [7, 11) is 0. The van der Waals surface area contributed by atoms with E-state index in [-0.39, 0.29) is 17.2 Å². The number of aryl methyl sites for hydroxylation is 2. The van der Waals surface area contributed by atoms with Crippen LogP contribution in [-0.4, -0.2) is 17.6 Å². The molecule has 3 aromatic rings. The summed E-state index contributed by atoms with van der Waals surface area (Å²) in [6, 6.07) is 23.2. The first kappa shape index (κ1) is 19.3. The SMILES string of the molecule is Cc1ccc(N2C(=O)CS[C@H]2c2ccccc2NC(=O)c2ccccc2C)cc1. The second kappa shape index (κ2) is 8.13. The number of benzene rings is 3. The van der Waals surface area contributed by atoms with Crippen molar-refractivity contribution in [3.63, 3.8) is 0 Å². The molecule has 4 nitrogen and oxygen atoms in total. The lowest BCUT2D eigenvalue weighted by molar-refractivity contribution is -0.115. The van der Waals surface area contributed by atoms with E-state index >= 15 is 0 Å². The number of anilines is 2. The van der Waals surface area contributed by atoms with Crippen molar-refractivity contribution in [2.75, 3.05) is 16.0 Å². The van der Waals surface area contributed by atoms with Gasteiger partial charge in [-0.2, -0.15) is 0 Å². The monoisotopic (exact) mass is 402 g/mol. The maximum absolute atomic E-state index is 12.9. The van der Waals surface area contributed by atoms with Crippen LogP contribution in [0, 0.1) is 13.8 Å². The molecular weight excluding hydrogens is 380 g/mol. The third-order valence-corrected chi connectivity index (χ3v) is 6.24. The largest absolute Gasteiger partial charge is 0.322 e. The molecule has 146 valence electrons. The van der Waals surface area contributed by atoms with Crippen molar-refractivity contribution in [2.45, 2.75) is 19.2 Å². The summed E-state index contributed by atoms with van der Waals surface area (Å²) in [6.45, 7) is 3.95. The van der Waals surface area contributed by atoms with E-state index in [1.807, 2.05) is 91.5 Å². The molecule has 1 aliphatic rings. The number of carbonyl (C=O) groups is 2. The van der Waals surface area contributed by atoms with Crippen LogP contribution in [0.15, 0.2) is 72.8 Å². The lowest BCUT2D eigenvalue weighted by Gasteiger charge is -2.26. The maximum atomic E-state index is 12.9. The van der Waals surface area contributed by atoms with Gasteiger partial charge in [0.05, 0.1) is 5.75 Å². The second-order valence-corrected chi connectivity index (χ2v) is 8.19. The molecule has 1 saturated heterocycles. The quantitative estimate of drug-likeness (QED) is 0.641. The maximum Gasteiger partial charge on any atom is 0.255 e. The zero-order valence-electron chi connectivity index (χ0n) is 16.4. The van der Waals surface area contributed by atoms with Gasteiger partial charge in [0.15, 0.2) is 0 Å². The van der Waals surface area contributed by atoms with E-state index in [0.717, 1.165) is 28.1 Å². The first-order chi connectivity index (χ1) is 14.0. The number of hydrogen-bond acceptors (Lipinski definition) is 3. The minimum Gasteiger partial charge on any atom is -0.322 e. The Balaban J connectivity index is 1.67. The van der Waals surface area contributed by atoms with E-state index in [1.54, 1.807) is 11.8 Å². The van der Waals surface area contributed by atoms with E-state index in [2.05, 4.69) is 5.32 Å². The molecule has 0 saturated carbocycles. The van der Waals surface area contributed by atoms with Crippen LogP contribution >= 0.6 is 11.8 Å². The summed E-state index contributed by atoms with van der Waals surface area (Å²) >= 11 is 1.58. The van der Waals surface area contributed by atoms with E-state index in [1.165, 1.54) is 0 Å². The number of para-hydroxylation sites is 1. The van der Waals surface area contributed by atoms with Crippen LogP contribution in [0.5, 0.6) is 0 Å². The van der Waals surface area contributed by atoms with Gasteiger partial charge in [0, 0.05) is 22.5 Å². The Morgan fingerprint density at radius 3 is 2.41 bits per heavy atom. The Kier molecular flexibility index (Phi) is 5.41. The van der Waals surface area contributed by atoms with Crippen molar-refractivity contribution in [1.82, 2.24) is 0 Å². The van der Waals surface area contributed by atoms with Crippen molar-refractivity contribution in [1.29, 1.82) is 0 Å². The molecule has 0 spiro atoms. The number of thioether (sulfide) groups is 1. The van der Waals surface area contributed by atoms with Gasteiger partial charge in [-0.1, -0.05) is 54.1 Å². The molecule has 1 aliphatic heterocycles. The van der Waals surface area contributed by atoms with Gasteiger partial charge in [-0.05, 0) is 43.7 Å². The van der Waals surface area contributed by atoms with Gasteiger partial charge in [0.2, 0.25) is 5.91 Å². The average molecular weight is 403 g/mol. The molecule has 0 radical (unpaired) electrons. The molecule has 3 aromatic carbocycles. The lowest BCUT2D eigenvalue weighted by Crippen LogP contribution is -2.28. The average Bonchev–Trinajstić information content (AvgIpc) is 3.10. The van der Waals surface area contributed by atoms with Gasteiger partial charge < -0.3 is 5.32 Å². The molecule has 1 N–H and O–H groups in total. The van der Waals surface area contributed by atoms with Gasteiger partial charge >= 0.3 is 0 Å². The zero-order chi connectivity index (χ0) is 20.4. The second-order valence-electron chi connectivity index (χ2n) is 7.12. The fourth-order valence-corrected chi connectivity index (χ4v) is 4.70. The fraction of sp³-hybridized carbons (Fsp3) is 0.167. The van der Waals surface area contributed by atoms with Crippen molar-refractivity contribution in [3.05, 3.63) is 95.1 Å². The first-order valence-electron chi connectivity index (χ1n) is 9.51. The Bertz CT molecular complexity index is 1060. The van der Waals surface area contributed by atoms with Crippen molar-refractivity contribution in [3.8, 4) is 0 Å². The highest BCUT2D eigenvalue weighted by Crippen LogP contribution is 2.44. The smallest absolute Gasteiger partial charge is 0.255 e. The fourth-order valence-electron chi connectivity index (χ4n) is 3.48. The van der Waals surface area contributed by atoms with Crippen LogP contribution < -0.4 is 10.2 Å². The first-order valence-corrected chi connectivity index (χ1v) is 10.6. The van der Waals surface area contributed by atoms with E-state index in [9.17, 15) is 9.59 Å². The van der Waals surface area contributed by atoms with Crippen LogP contribution in [0.4, 0.5) is 11.4 Å². The summed E-state index contributed by atoms with van der Waals surface area (Å²) in [5.74, 6) is 0.342. The van der Waals surface area contributed by atoms with Crippen LogP contribution in [0.1, 0.15) is 32.4 Å².